The number of amides is 1. The highest BCUT2D eigenvalue weighted by Gasteiger charge is 2.31. The van der Waals surface area contributed by atoms with Crippen molar-refractivity contribution in [2.75, 3.05) is 23.3 Å². The molecule has 30 heavy (non-hydrogen) atoms. The van der Waals surface area contributed by atoms with Crippen LogP contribution in [0.5, 0.6) is 0 Å². The number of nitrogens with one attached hydrogen (secondary N) is 1. The van der Waals surface area contributed by atoms with Crippen LogP contribution in [0.1, 0.15) is 18.4 Å². The molecule has 0 unspecified atom stereocenters. The van der Waals surface area contributed by atoms with E-state index in [0.29, 0.717) is 37.4 Å². The van der Waals surface area contributed by atoms with Crippen molar-refractivity contribution in [1.29, 1.82) is 0 Å². The maximum atomic E-state index is 12.7. The molecule has 0 radical (unpaired) electrons. The summed E-state index contributed by atoms with van der Waals surface area (Å²) in [5.74, 6) is 0.201. The second-order valence-electron chi connectivity index (χ2n) is 6.96. The van der Waals surface area contributed by atoms with Gasteiger partial charge in [-0.1, -0.05) is 6.07 Å². The highest BCUT2D eigenvalue weighted by atomic mass is 19.4. The average molecular weight is 417 g/mol. The van der Waals surface area contributed by atoms with E-state index in [-0.39, 0.29) is 11.8 Å². The molecular formula is C19H18F3N7O. The van der Waals surface area contributed by atoms with Gasteiger partial charge in [-0.3, -0.25) is 4.79 Å². The molecule has 4 rings (SSSR count). The molecule has 2 aromatic heterocycles. The molecule has 1 aliphatic heterocycles. The van der Waals surface area contributed by atoms with Crippen LogP contribution in [0, 0.1) is 5.92 Å². The second kappa shape index (κ2) is 8.09. The van der Waals surface area contributed by atoms with Crippen LogP contribution in [-0.4, -0.2) is 44.2 Å². The Labute approximate surface area is 169 Å². The summed E-state index contributed by atoms with van der Waals surface area (Å²) in [6, 6.07) is 9.57. The highest BCUT2D eigenvalue weighted by Crippen LogP contribution is 2.30. The largest absolute Gasteiger partial charge is 0.417 e. The minimum Gasteiger partial charge on any atom is -0.357 e. The molecule has 156 valence electrons. The zero-order valence-corrected chi connectivity index (χ0v) is 15.8. The number of carbonyl (C=O) groups is 1. The third-order valence-electron chi connectivity index (χ3n) is 4.99. The van der Waals surface area contributed by atoms with Gasteiger partial charge in [0, 0.05) is 30.9 Å². The van der Waals surface area contributed by atoms with Crippen molar-refractivity contribution >= 4 is 17.4 Å². The summed E-state index contributed by atoms with van der Waals surface area (Å²) in [7, 11) is 0. The van der Waals surface area contributed by atoms with Crippen molar-refractivity contribution < 1.29 is 18.0 Å². The molecule has 1 amide bonds. The Morgan fingerprint density at radius 2 is 1.93 bits per heavy atom. The van der Waals surface area contributed by atoms with Crippen molar-refractivity contribution in [2.24, 2.45) is 5.92 Å². The van der Waals surface area contributed by atoms with Crippen molar-refractivity contribution in [3.63, 3.8) is 0 Å². The number of aromatic nitrogens is 5. The van der Waals surface area contributed by atoms with Crippen LogP contribution in [0.2, 0.25) is 0 Å². The van der Waals surface area contributed by atoms with Gasteiger partial charge in [0.1, 0.15) is 12.1 Å². The monoisotopic (exact) mass is 417 g/mol. The van der Waals surface area contributed by atoms with Crippen molar-refractivity contribution in [1.82, 2.24) is 25.2 Å². The van der Waals surface area contributed by atoms with Gasteiger partial charge in [0.05, 0.1) is 11.3 Å². The Balaban J connectivity index is 1.34. The number of rotatable bonds is 4. The number of pyridine rings is 1. The van der Waals surface area contributed by atoms with Crippen LogP contribution < -0.4 is 10.2 Å². The number of benzene rings is 1. The Morgan fingerprint density at radius 1 is 1.13 bits per heavy atom. The summed E-state index contributed by atoms with van der Waals surface area (Å²) in [5, 5.41) is 13.9. The third-order valence-corrected chi connectivity index (χ3v) is 4.99. The minimum atomic E-state index is -4.40. The average Bonchev–Trinajstić information content (AvgIpc) is 3.29. The zero-order chi connectivity index (χ0) is 21.1. The lowest BCUT2D eigenvalue weighted by Crippen LogP contribution is -2.38. The molecule has 1 aliphatic rings. The lowest BCUT2D eigenvalue weighted by molar-refractivity contribution is -0.137. The van der Waals surface area contributed by atoms with Crippen LogP contribution in [0.25, 0.3) is 5.69 Å². The topological polar surface area (TPSA) is 88.8 Å². The fraction of sp³-hybridized carbons (Fsp3) is 0.316. The summed E-state index contributed by atoms with van der Waals surface area (Å²) in [4.78, 5) is 18.5. The molecule has 1 saturated heterocycles. The maximum Gasteiger partial charge on any atom is 0.417 e. The van der Waals surface area contributed by atoms with E-state index in [9.17, 15) is 18.0 Å². The molecule has 0 saturated carbocycles. The van der Waals surface area contributed by atoms with Crippen molar-refractivity contribution in [2.45, 2.75) is 19.0 Å². The van der Waals surface area contributed by atoms with Gasteiger partial charge in [0.15, 0.2) is 0 Å². The van der Waals surface area contributed by atoms with Gasteiger partial charge in [-0.15, -0.1) is 5.10 Å². The number of alkyl halides is 3. The fourth-order valence-electron chi connectivity index (χ4n) is 3.36. The van der Waals surface area contributed by atoms with Crippen molar-refractivity contribution in [3.05, 3.63) is 54.5 Å². The Morgan fingerprint density at radius 3 is 2.57 bits per heavy atom. The number of halogens is 3. The van der Waals surface area contributed by atoms with E-state index >= 15 is 0 Å². The number of carbonyl (C=O) groups excluding carboxylic acids is 1. The Hall–Kier alpha value is -3.50. The molecule has 3 aromatic rings. The normalized spacial score (nSPS) is 15.2. The minimum absolute atomic E-state index is 0.0936. The van der Waals surface area contributed by atoms with Crippen LogP contribution in [0.3, 0.4) is 0 Å². The molecule has 8 nitrogen and oxygen atoms in total. The zero-order valence-electron chi connectivity index (χ0n) is 15.8. The van der Waals surface area contributed by atoms with Gasteiger partial charge in [0.25, 0.3) is 0 Å². The SMILES string of the molecule is O=C(Nc1cccc(-n2cnnn2)c1)C1CCN(c2ccc(C(F)(F)F)cn2)CC1. The van der Waals surface area contributed by atoms with Gasteiger partial charge >= 0.3 is 6.18 Å². The first-order valence-electron chi connectivity index (χ1n) is 9.32. The molecule has 0 aliphatic carbocycles. The molecule has 1 aromatic carbocycles. The van der Waals surface area contributed by atoms with E-state index in [0.717, 1.165) is 18.0 Å². The van der Waals surface area contributed by atoms with E-state index in [4.69, 9.17) is 0 Å². The molecule has 1 N–H and O–H groups in total. The van der Waals surface area contributed by atoms with E-state index in [1.54, 1.807) is 18.2 Å². The molecule has 0 bridgehead atoms. The quantitative estimate of drug-likeness (QED) is 0.702. The first-order valence-corrected chi connectivity index (χ1v) is 9.32. The molecule has 3 heterocycles. The van der Waals surface area contributed by atoms with Crippen LogP contribution in [0.4, 0.5) is 24.7 Å². The summed E-state index contributed by atoms with van der Waals surface area (Å²) in [6.07, 6.45) is -0.932. The van der Waals surface area contributed by atoms with Gasteiger partial charge in [0.2, 0.25) is 5.91 Å². The lowest BCUT2D eigenvalue weighted by atomic mass is 9.95. The standard InChI is InChI=1S/C19H18F3N7O/c20-19(21,22)14-4-5-17(23-11-14)28-8-6-13(7-9-28)18(30)25-15-2-1-3-16(10-15)29-12-24-26-27-29/h1-5,10-13H,6-9H2,(H,25,30). The summed E-state index contributed by atoms with van der Waals surface area (Å²) in [5.41, 5.74) is 0.588. The van der Waals surface area contributed by atoms with Crippen LogP contribution in [0.15, 0.2) is 48.9 Å². The van der Waals surface area contributed by atoms with Gasteiger partial charge in [-0.2, -0.15) is 13.2 Å². The molecule has 11 heteroatoms. The van der Waals surface area contributed by atoms with Gasteiger partial charge < -0.3 is 10.2 Å². The molecular weight excluding hydrogens is 399 g/mol. The number of hydrogen-bond donors (Lipinski definition) is 1. The summed E-state index contributed by atoms with van der Waals surface area (Å²) < 4.78 is 39.5. The summed E-state index contributed by atoms with van der Waals surface area (Å²) in [6.45, 7) is 1.09. The number of nitrogens with zero attached hydrogens (tertiary/aromatic N) is 6. The highest BCUT2D eigenvalue weighted by molar-refractivity contribution is 5.93. The molecule has 0 spiro atoms. The van der Waals surface area contributed by atoms with E-state index in [1.165, 1.54) is 17.1 Å². The molecule has 0 atom stereocenters. The Bertz CT molecular complexity index is 998. The van der Waals surface area contributed by atoms with Crippen LogP contribution >= 0.6 is 0 Å². The van der Waals surface area contributed by atoms with Crippen molar-refractivity contribution in [3.8, 4) is 5.69 Å². The number of piperidine rings is 1. The molecule has 1 fully saturated rings. The van der Waals surface area contributed by atoms with Crippen LogP contribution in [-0.2, 0) is 11.0 Å². The van der Waals surface area contributed by atoms with E-state index < -0.39 is 11.7 Å². The lowest BCUT2D eigenvalue weighted by Gasteiger charge is -2.32. The smallest absolute Gasteiger partial charge is 0.357 e. The predicted molar refractivity (Wildman–Crippen MR) is 102 cm³/mol. The first kappa shape index (κ1) is 19.8. The summed E-state index contributed by atoms with van der Waals surface area (Å²) >= 11 is 0. The van der Waals surface area contributed by atoms with Gasteiger partial charge in [-0.05, 0) is 53.6 Å². The number of anilines is 2. The van der Waals surface area contributed by atoms with E-state index in [1.807, 2.05) is 11.0 Å². The third kappa shape index (κ3) is 4.39. The Kier molecular flexibility index (Phi) is 5.34. The first-order chi connectivity index (χ1) is 14.4. The fourth-order valence-corrected chi connectivity index (χ4v) is 3.36. The second-order valence-corrected chi connectivity index (χ2v) is 6.96. The maximum absolute atomic E-state index is 12.7. The van der Waals surface area contributed by atoms with Gasteiger partial charge in [-0.25, -0.2) is 9.67 Å². The predicted octanol–water partition coefficient (Wildman–Crippen LogP) is 2.93. The van der Waals surface area contributed by atoms with E-state index in [2.05, 4.69) is 25.8 Å². The number of hydrogen-bond acceptors (Lipinski definition) is 6. The number of tetrazole rings is 1.